The highest BCUT2D eigenvalue weighted by atomic mass is 16.7. The Morgan fingerprint density at radius 1 is 0.673 bits per heavy atom. The van der Waals surface area contributed by atoms with Crippen LogP contribution < -0.4 is 0 Å². The Morgan fingerprint density at radius 3 is 1.80 bits per heavy atom. The summed E-state index contributed by atoms with van der Waals surface area (Å²) in [5, 5.41) is 39.6. The van der Waals surface area contributed by atoms with E-state index in [2.05, 4.69) is 55.5 Å². The molecule has 1 rings (SSSR count). The summed E-state index contributed by atoms with van der Waals surface area (Å²) in [5.74, 6) is -0.352. The van der Waals surface area contributed by atoms with E-state index in [4.69, 9.17) is 18.9 Å². The molecule has 0 aromatic heterocycles. The molecular formula is C40H70O9. The second-order valence-electron chi connectivity index (χ2n) is 13.0. The molecule has 284 valence electrons. The molecule has 0 amide bonds. The van der Waals surface area contributed by atoms with Gasteiger partial charge in [0.2, 0.25) is 0 Å². The summed E-state index contributed by atoms with van der Waals surface area (Å²) in [6, 6.07) is 0. The third-order valence-electron chi connectivity index (χ3n) is 8.51. The van der Waals surface area contributed by atoms with Gasteiger partial charge in [-0.2, -0.15) is 0 Å². The highest BCUT2D eigenvalue weighted by Gasteiger charge is 2.44. The first-order valence-corrected chi connectivity index (χ1v) is 19.2. The summed E-state index contributed by atoms with van der Waals surface area (Å²) in [7, 11) is 0. The first-order valence-electron chi connectivity index (χ1n) is 19.2. The standard InChI is InChI=1S/C40H70O9/c1-3-5-7-8-9-10-11-12-13-14-15-16-17-18-19-20-21-22-23-24-25-26-27-28-30-46-32-34(48-36(42)29-6-4-2)33-47-40-39(45)38(44)37(43)35(31-41)49-40/h5,7,9-10,12-13,15-16,34-35,37-41,43-45H,3-4,6,8,11,14,17-33H2,1-2H3/b7-5-,10-9-,13-12-,16-15-. The van der Waals surface area contributed by atoms with E-state index >= 15 is 0 Å². The Morgan fingerprint density at radius 2 is 1.22 bits per heavy atom. The van der Waals surface area contributed by atoms with Crippen LogP contribution in [-0.4, -0.2) is 89.6 Å². The zero-order valence-corrected chi connectivity index (χ0v) is 30.7. The van der Waals surface area contributed by atoms with Crippen LogP contribution in [0.25, 0.3) is 0 Å². The highest BCUT2D eigenvalue weighted by Crippen LogP contribution is 2.22. The summed E-state index contributed by atoms with van der Waals surface area (Å²) in [6.45, 7) is 4.17. The monoisotopic (exact) mass is 695 g/mol. The Bertz CT molecular complexity index is 885. The average Bonchev–Trinajstić information content (AvgIpc) is 3.10. The first kappa shape index (κ1) is 45.2. The maximum atomic E-state index is 12.2. The lowest BCUT2D eigenvalue weighted by molar-refractivity contribution is -0.305. The number of hydrogen-bond donors (Lipinski definition) is 4. The summed E-state index contributed by atoms with van der Waals surface area (Å²) in [6.07, 6.45) is 31.2. The van der Waals surface area contributed by atoms with E-state index in [1.807, 2.05) is 6.92 Å². The van der Waals surface area contributed by atoms with Gasteiger partial charge in [0.1, 0.15) is 30.5 Å². The number of rotatable bonds is 31. The van der Waals surface area contributed by atoms with Gasteiger partial charge in [-0.15, -0.1) is 0 Å². The fourth-order valence-corrected chi connectivity index (χ4v) is 5.46. The molecule has 0 aliphatic carbocycles. The first-order chi connectivity index (χ1) is 23.9. The van der Waals surface area contributed by atoms with Crippen molar-refractivity contribution in [1.82, 2.24) is 0 Å². The number of aliphatic hydroxyl groups is 4. The molecule has 4 N–H and O–H groups in total. The molecule has 9 nitrogen and oxygen atoms in total. The maximum Gasteiger partial charge on any atom is 0.306 e. The van der Waals surface area contributed by atoms with E-state index in [0.717, 1.165) is 44.9 Å². The summed E-state index contributed by atoms with van der Waals surface area (Å²) in [5.41, 5.74) is 0. The molecule has 0 saturated carbocycles. The number of unbranched alkanes of at least 4 members (excludes halogenated alkanes) is 12. The van der Waals surface area contributed by atoms with Gasteiger partial charge in [-0.3, -0.25) is 4.79 Å². The molecule has 1 saturated heterocycles. The van der Waals surface area contributed by atoms with Crippen LogP contribution in [0.4, 0.5) is 0 Å². The van der Waals surface area contributed by atoms with Gasteiger partial charge in [0.15, 0.2) is 6.29 Å². The van der Waals surface area contributed by atoms with Gasteiger partial charge in [0.25, 0.3) is 0 Å². The van der Waals surface area contributed by atoms with Crippen molar-refractivity contribution in [3.05, 3.63) is 48.6 Å². The minimum atomic E-state index is -1.53. The summed E-state index contributed by atoms with van der Waals surface area (Å²) >= 11 is 0. The van der Waals surface area contributed by atoms with Crippen molar-refractivity contribution < 1.29 is 44.2 Å². The van der Waals surface area contributed by atoms with Crippen LogP contribution in [0.3, 0.4) is 0 Å². The smallest absolute Gasteiger partial charge is 0.306 e. The summed E-state index contributed by atoms with van der Waals surface area (Å²) in [4.78, 5) is 12.2. The molecule has 1 fully saturated rings. The lowest BCUT2D eigenvalue weighted by Crippen LogP contribution is -2.59. The quantitative estimate of drug-likeness (QED) is 0.0333. The second-order valence-corrected chi connectivity index (χ2v) is 13.0. The van der Waals surface area contributed by atoms with Crippen molar-refractivity contribution in [1.29, 1.82) is 0 Å². The second kappa shape index (κ2) is 32.1. The SMILES string of the molecule is CC/C=C\C/C=C\C/C=C\C/C=C\CCCCCCCCCCCCCOCC(COC1OC(CO)C(O)C(O)C1O)OC(=O)CCCC. The number of ether oxygens (including phenoxy) is 4. The molecule has 1 aliphatic heterocycles. The zero-order chi connectivity index (χ0) is 35.8. The van der Waals surface area contributed by atoms with Gasteiger partial charge in [-0.05, 0) is 51.4 Å². The topological polar surface area (TPSA) is 135 Å². The average molecular weight is 695 g/mol. The molecule has 0 aromatic rings. The van der Waals surface area contributed by atoms with Crippen molar-refractivity contribution in [2.75, 3.05) is 26.4 Å². The van der Waals surface area contributed by atoms with Crippen molar-refractivity contribution in [2.45, 2.75) is 173 Å². The number of esters is 1. The molecule has 9 heteroatoms. The minimum Gasteiger partial charge on any atom is -0.457 e. The zero-order valence-electron chi connectivity index (χ0n) is 30.7. The van der Waals surface area contributed by atoms with Crippen LogP contribution in [0.15, 0.2) is 48.6 Å². The molecule has 1 aliphatic rings. The third-order valence-corrected chi connectivity index (χ3v) is 8.51. The molecular weight excluding hydrogens is 624 g/mol. The van der Waals surface area contributed by atoms with Crippen LogP contribution in [0.2, 0.25) is 0 Å². The molecule has 0 bridgehead atoms. The van der Waals surface area contributed by atoms with Crippen molar-refractivity contribution in [3.8, 4) is 0 Å². The molecule has 0 radical (unpaired) electrons. The van der Waals surface area contributed by atoms with Crippen LogP contribution in [0, 0.1) is 0 Å². The Kier molecular flexibility index (Phi) is 29.6. The molecule has 49 heavy (non-hydrogen) atoms. The molecule has 0 aromatic carbocycles. The van der Waals surface area contributed by atoms with Gasteiger partial charge in [0, 0.05) is 13.0 Å². The normalized spacial score (nSPS) is 22.3. The lowest BCUT2D eigenvalue weighted by atomic mass is 9.99. The Labute approximate surface area is 297 Å². The van der Waals surface area contributed by atoms with Gasteiger partial charge < -0.3 is 39.4 Å². The highest BCUT2D eigenvalue weighted by molar-refractivity contribution is 5.69. The molecule has 6 atom stereocenters. The van der Waals surface area contributed by atoms with E-state index in [1.54, 1.807) is 0 Å². The summed E-state index contributed by atoms with van der Waals surface area (Å²) < 4.78 is 22.3. The van der Waals surface area contributed by atoms with Crippen LogP contribution in [0.5, 0.6) is 0 Å². The van der Waals surface area contributed by atoms with Crippen molar-refractivity contribution in [3.63, 3.8) is 0 Å². The van der Waals surface area contributed by atoms with E-state index in [1.165, 1.54) is 64.2 Å². The van der Waals surface area contributed by atoms with Gasteiger partial charge in [0.05, 0.1) is 19.8 Å². The Hall–Kier alpha value is -1.85. The third kappa shape index (κ3) is 24.1. The largest absolute Gasteiger partial charge is 0.457 e. The minimum absolute atomic E-state index is 0.119. The van der Waals surface area contributed by atoms with E-state index < -0.39 is 43.4 Å². The predicted molar refractivity (Wildman–Crippen MR) is 196 cm³/mol. The van der Waals surface area contributed by atoms with Gasteiger partial charge >= 0.3 is 5.97 Å². The number of carbonyl (C=O) groups excluding carboxylic acids is 1. The van der Waals surface area contributed by atoms with Gasteiger partial charge in [-0.1, -0.05) is 127 Å². The van der Waals surface area contributed by atoms with E-state index in [9.17, 15) is 25.2 Å². The Balaban J connectivity index is 2.06. The number of allylic oxidation sites excluding steroid dienone is 8. The van der Waals surface area contributed by atoms with Gasteiger partial charge in [-0.25, -0.2) is 0 Å². The fourth-order valence-electron chi connectivity index (χ4n) is 5.46. The van der Waals surface area contributed by atoms with E-state index in [-0.39, 0.29) is 19.2 Å². The molecule has 6 unspecified atom stereocenters. The predicted octanol–water partition coefficient (Wildman–Crippen LogP) is 7.41. The van der Waals surface area contributed by atoms with Crippen molar-refractivity contribution >= 4 is 5.97 Å². The van der Waals surface area contributed by atoms with E-state index in [0.29, 0.717) is 19.4 Å². The molecule has 0 spiro atoms. The van der Waals surface area contributed by atoms with Crippen LogP contribution in [0.1, 0.15) is 136 Å². The van der Waals surface area contributed by atoms with Crippen molar-refractivity contribution in [2.24, 2.45) is 0 Å². The number of aliphatic hydroxyl groups excluding tert-OH is 4. The fraction of sp³-hybridized carbons (Fsp3) is 0.775. The lowest BCUT2D eigenvalue weighted by Gasteiger charge is -2.39. The number of carbonyl (C=O) groups is 1. The number of hydrogen-bond acceptors (Lipinski definition) is 9. The maximum absolute atomic E-state index is 12.2. The van der Waals surface area contributed by atoms with Crippen LogP contribution >= 0.6 is 0 Å². The molecule has 1 heterocycles. The van der Waals surface area contributed by atoms with Crippen LogP contribution in [-0.2, 0) is 23.7 Å².